The SMILES string of the molecule is CC(NCc1cn2ccccc2n1)c1ccco1. The Hall–Kier alpha value is -2.07. The van der Waals surface area contributed by atoms with E-state index in [1.165, 1.54) is 0 Å². The first kappa shape index (κ1) is 11.0. The summed E-state index contributed by atoms with van der Waals surface area (Å²) in [6.07, 6.45) is 5.73. The molecule has 0 aromatic carbocycles. The van der Waals surface area contributed by atoms with Gasteiger partial charge in [0.25, 0.3) is 0 Å². The van der Waals surface area contributed by atoms with Crippen LogP contribution in [0.5, 0.6) is 0 Å². The molecule has 1 unspecified atom stereocenters. The largest absolute Gasteiger partial charge is 0.468 e. The molecule has 3 aromatic rings. The normalized spacial score (nSPS) is 12.9. The molecule has 0 saturated heterocycles. The predicted molar refractivity (Wildman–Crippen MR) is 69.2 cm³/mol. The van der Waals surface area contributed by atoms with Gasteiger partial charge in [0.2, 0.25) is 0 Å². The van der Waals surface area contributed by atoms with Gasteiger partial charge in [0.15, 0.2) is 0 Å². The summed E-state index contributed by atoms with van der Waals surface area (Å²) in [7, 11) is 0. The molecule has 0 radical (unpaired) electrons. The van der Waals surface area contributed by atoms with E-state index in [-0.39, 0.29) is 6.04 Å². The Kier molecular flexibility index (Phi) is 2.86. The molecule has 0 spiro atoms. The van der Waals surface area contributed by atoms with E-state index in [0.717, 1.165) is 23.6 Å². The van der Waals surface area contributed by atoms with Crippen LogP contribution >= 0.6 is 0 Å². The Morgan fingerprint density at radius 2 is 2.28 bits per heavy atom. The zero-order valence-electron chi connectivity index (χ0n) is 10.2. The fraction of sp³-hybridized carbons (Fsp3) is 0.214. The van der Waals surface area contributed by atoms with Crippen LogP contribution in [0.15, 0.2) is 53.4 Å². The van der Waals surface area contributed by atoms with Gasteiger partial charge in [-0.1, -0.05) is 6.07 Å². The van der Waals surface area contributed by atoms with Crippen molar-refractivity contribution in [3.8, 4) is 0 Å². The molecule has 0 aliphatic heterocycles. The molecular weight excluding hydrogens is 226 g/mol. The molecule has 0 saturated carbocycles. The summed E-state index contributed by atoms with van der Waals surface area (Å²) < 4.78 is 7.38. The Labute approximate surface area is 105 Å². The minimum absolute atomic E-state index is 0.185. The van der Waals surface area contributed by atoms with Gasteiger partial charge in [0.1, 0.15) is 11.4 Å². The van der Waals surface area contributed by atoms with Gasteiger partial charge in [0, 0.05) is 18.9 Å². The number of aromatic nitrogens is 2. The highest BCUT2D eigenvalue weighted by Crippen LogP contribution is 2.13. The third-order valence-corrected chi connectivity index (χ3v) is 2.97. The van der Waals surface area contributed by atoms with E-state index < -0.39 is 0 Å². The molecule has 0 amide bonds. The summed E-state index contributed by atoms with van der Waals surface area (Å²) in [5.41, 5.74) is 2.00. The van der Waals surface area contributed by atoms with Crippen LogP contribution in [0.25, 0.3) is 5.65 Å². The summed E-state index contributed by atoms with van der Waals surface area (Å²) in [6.45, 7) is 2.80. The molecule has 0 aliphatic rings. The number of hydrogen-bond acceptors (Lipinski definition) is 3. The summed E-state index contributed by atoms with van der Waals surface area (Å²) in [6, 6.07) is 10.0. The zero-order chi connectivity index (χ0) is 12.4. The van der Waals surface area contributed by atoms with Crippen molar-refractivity contribution in [1.82, 2.24) is 14.7 Å². The molecule has 18 heavy (non-hydrogen) atoms. The van der Waals surface area contributed by atoms with E-state index in [2.05, 4.69) is 17.2 Å². The van der Waals surface area contributed by atoms with E-state index in [1.807, 2.05) is 47.1 Å². The van der Waals surface area contributed by atoms with E-state index in [9.17, 15) is 0 Å². The fourth-order valence-corrected chi connectivity index (χ4v) is 1.97. The summed E-state index contributed by atoms with van der Waals surface area (Å²) in [5.74, 6) is 0.943. The summed E-state index contributed by atoms with van der Waals surface area (Å²) >= 11 is 0. The van der Waals surface area contributed by atoms with Gasteiger partial charge in [-0.15, -0.1) is 0 Å². The number of nitrogens with one attached hydrogen (secondary N) is 1. The van der Waals surface area contributed by atoms with E-state index in [0.29, 0.717) is 0 Å². The van der Waals surface area contributed by atoms with E-state index in [4.69, 9.17) is 4.42 Å². The molecule has 1 atom stereocenters. The van der Waals surface area contributed by atoms with Crippen LogP contribution in [0.2, 0.25) is 0 Å². The topological polar surface area (TPSA) is 42.5 Å². The minimum Gasteiger partial charge on any atom is -0.468 e. The van der Waals surface area contributed by atoms with Crippen LogP contribution in [-0.4, -0.2) is 9.38 Å². The molecule has 92 valence electrons. The first-order valence-electron chi connectivity index (χ1n) is 6.02. The molecule has 0 bridgehead atoms. The van der Waals surface area contributed by atoms with Crippen molar-refractivity contribution in [3.05, 3.63) is 60.4 Å². The average Bonchev–Trinajstić information content (AvgIpc) is 3.04. The highest BCUT2D eigenvalue weighted by molar-refractivity contribution is 5.39. The quantitative estimate of drug-likeness (QED) is 0.763. The van der Waals surface area contributed by atoms with Crippen molar-refractivity contribution < 1.29 is 4.42 Å². The zero-order valence-corrected chi connectivity index (χ0v) is 10.2. The molecule has 1 N–H and O–H groups in total. The third kappa shape index (κ3) is 2.15. The second kappa shape index (κ2) is 4.66. The lowest BCUT2D eigenvalue weighted by atomic mass is 10.2. The van der Waals surface area contributed by atoms with Gasteiger partial charge in [0.05, 0.1) is 18.0 Å². The van der Waals surface area contributed by atoms with E-state index in [1.54, 1.807) is 6.26 Å². The van der Waals surface area contributed by atoms with Gasteiger partial charge in [-0.05, 0) is 31.2 Å². The van der Waals surface area contributed by atoms with Crippen molar-refractivity contribution in [1.29, 1.82) is 0 Å². The number of pyridine rings is 1. The van der Waals surface area contributed by atoms with Crippen LogP contribution < -0.4 is 5.32 Å². The summed E-state index contributed by atoms with van der Waals surface area (Å²) in [5, 5.41) is 3.39. The van der Waals surface area contributed by atoms with E-state index >= 15 is 0 Å². The van der Waals surface area contributed by atoms with Gasteiger partial charge >= 0.3 is 0 Å². The van der Waals surface area contributed by atoms with Crippen molar-refractivity contribution >= 4 is 5.65 Å². The highest BCUT2D eigenvalue weighted by Gasteiger charge is 2.08. The second-order valence-corrected chi connectivity index (χ2v) is 4.32. The maximum Gasteiger partial charge on any atom is 0.137 e. The standard InChI is InChI=1S/C14H15N3O/c1-11(13-5-4-8-18-13)15-9-12-10-17-7-3-2-6-14(17)16-12/h2-8,10-11,15H,9H2,1H3. The number of nitrogens with zero attached hydrogens (tertiary/aromatic N) is 2. The van der Waals surface area contributed by atoms with Gasteiger partial charge in [-0.3, -0.25) is 0 Å². The minimum atomic E-state index is 0.185. The van der Waals surface area contributed by atoms with Gasteiger partial charge in [-0.2, -0.15) is 0 Å². The number of hydrogen-bond donors (Lipinski definition) is 1. The van der Waals surface area contributed by atoms with Crippen molar-refractivity contribution in [2.45, 2.75) is 19.5 Å². The molecule has 3 heterocycles. The molecule has 4 nitrogen and oxygen atoms in total. The van der Waals surface area contributed by atoms with Crippen LogP contribution in [0, 0.1) is 0 Å². The Morgan fingerprint density at radius 1 is 1.33 bits per heavy atom. The van der Waals surface area contributed by atoms with Crippen LogP contribution in [0.4, 0.5) is 0 Å². The Morgan fingerprint density at radius 3 is 3.06 bits per heavy atom. The molecule has 3 aromatic heterocycles. The molecule has 0 aliphatic carbocycles. The third-order valence-electron chi connectivity index (χ3n) is 2.97. The number of furan rings is 1. The lowest BCUT2D eigenvalue weighted by molar-refractivity contribution is 0.429. The Bertz CT molecular complexity index is 594. The number of imidazole rings is 1. The van der Waals surface area contributed by atoms with Crippen molar-refractivity contribution in [3.63, 3.8) is 0 Å². The summed E-state index contributed by atoms with van der Waals surface area (Å²) in [4.78, 5) is 4.54. The highest BCUT2D eigenvalue weighted by atomic mass is 16.3. The monoisotopic (exact) mass is 241 g/mol. The number of rotatable bonds is 4. The Balaban J connectivity index is 1.69. The van der Waals surface area contributed by atoms with Crippen molar-refractivity contribution in [2.75, 3.05) is 0 Å². The van der Waals surface area contributed by atoms with Gasteiger partial charge in [-0.25, -0.2) is 4.98 Å². The fourth-order valence-electron chi connectivity index (χ4n) is 1.97. The average molecular weight is 241 g/mol. The van der Waals surface area contributed by atoms with Crippen LogP contribution in [0.3, 0.4) is 0 Å². The lowest BCUT2D eigenvalue weighted by Crippen LogP contribution is -2.17. The van der Waals surface area contributed by atoms with Crippen LogP contribution in [-0.2, 0) is 6.54 Å². The molecular formula is C14H15N3O. The maximum atomic E-state index is 5.35. The first-order chi connectivity index (χ1) is 8.83. The number of fused-ring (bicyclic) bond motifs is 1. The predicted octanol–water partition coefficient (Wildman–Crippen LogP) is 2.78. The molecule has 4 heteroatoms. The first-order valence-corrected chi connectivity index (χ1v) is 6.02. The maximum absolute atomic E-state index is 5.35. The smallest absolute Gasteiger partial charge is 0.137 e. The lowest BCUT2D eigenvalue weighted by Gasteiger charge is -2.09. The second-order valence-electron chi connectivity index (χ2n) is 4.32. The molecule has 0 fully saturated rings. The molecule has 3 rings (SSSR count). The van der Waals surface area contributed by atoms with Gasteiger partial charge < -0.3 is 14.1 Å². The van der Waals surface area contributed by atoms with Crippen molar-refractivity contribution in [2.24, 2.45) is 0 Å². The van der Waals surface area contributed by atoms with Crippen LogP contribution in [0.1, 0.15) is 24.4 Å².